The van der Waals surface area contributed by atoms with Crippen LogP contribution in [-0.2, 0) is 24.4 Å². The standard InChI is InChI=1S/C28H28FN5O4/c1-15(26-32-28(35)38-33-26)25-20-8-6-17(10-18(20)13-37-24-12-19(29)7-9-21(24)25)11-22-23(14-36-5)30-16(2)31-27(22)34(3)4/h6-10,12H,11,13-14H2,1-5H3,(H,32,33,35)/b25-15+. The van der Waals surface area contributed by atoms with E-state index in [1.807, 2.05) is 45.0 Å². The molecule has 196 valence electrons. The summed E-state index contributed by atoms with van der Waals surface area (Å²) in [5, 5.41) is 3.87. The summed E-state index contributed by atoms with van der Waals surface area (Å²) < 4.78 is 30.4. The smallest absolute Gasteiger partial charge is 0.439 e. The predicted octanol–water partition coefficient (Wildman–Crippen LogP) is 4.28. The van der Waals surface area contributed by atoms with E-state index < -0.39 is 11.6 Å². The van der Waals surface area contributed by atoms with Crippen LogP contribution in [0.1, 0.15) is 52.1 Å². The van der Waals surface area contributed by atoms with Crippen molar-refractivity contribution in [3.05, 3.63) is 97.9 Å². The number of hydrogen-bond acceptors (Lipinski definition) is 8. The van der Waals surface area contributed by atoms with Gasteiger partial charge in [0.25, 0.3) is 0 Å². The van der Waals surface area contributed by atoms with Crippen LogP contribution >= 0.6 is 0 Å². The highest BCUT2D eigenvalue weighted by Crippen LogP contribution is 2.41. The van der Waals surface area contributed by atoms with Crippen molar-refractivity contribution in [2.45, 2.75) is 33.5 Å². The van der Waals surface area contributed by atoms with Crippen molar-refractivity contribution in [3.8, 4) is 5.75 Å². The van der Waals surface area contributed by atoms with E-state index in [-0.39, 0.29) is 6.61 Å². The third-order valence-corrected chi connectivity index (χ3v) is 6.47. The Labute approximate surface area is 218 Å². The van der Waals surface area contributed by atoms with Crippen molar-refractivity contribution in [2.24, 2.45) is 0 Å². The van der Waals surface area contributed by atoms with Crippen molar-refractivity contribution in [1.29, 1.82) is 0 Å². The van der Waals surface area contributed by atoms with Gasteiger partial charge in [0.2, 0.25) is 0 Å². The van der Waals surface area contributed by atoms with E-state index in [0.717, 1.165) is 39.3 Å². The number of nitrogens with zero attached hydrogens (tertiary/aromatic N) is 4. The zero-order valence-electron chi connectivity index (χ0n) is 21.9. The first-order valence-electron chi connectivity index (χ1n) is 12.1. The van der Waals surface area contributed by atoms with E-state index in [0.29, 0.717) is 41.6 Å². The summed E-state index contributed by atoms with van der Waals surface area (Å²) in [4.78, 5) is 25.6. The van der Waals surface area contributed by atoms with Crippen molar-refractivity contribution in [3.63, 3.8) is 0 Å². The lowest BCUT2D eigenvalue weighted by Crippen LogP contribution is -2.17. The Hall–Kier alpha value is -4.31. The Morgan fingerprint density at radius 2 is 1.95 bits per heavy atom. The third-order valence-electron chi connectivity index (χ3n) is 6.47. The van der Waals surface area contributed by atoms with E-state index in [4.69, 9.17) is 14.0 Å². The Kier molecular flexibility index (Phi) is 6.81. The second kappa shape index (κ2) is 10.2. The number of aromatic amines is 1. The van der Waals surface area contributed by atoms with Gasteiger partial charge in [-0.2, -0.15) is 0 Å². The van der Waals surface area contributed by atoms with E-state index in [9.17, 15) is 9.18 Å². The molecular weight excluding hydrogens is 489 g/mol. The van der Waals surface area contributed by atoms with Gasteiger partial charge >= 0.3 is 5.76 Å². The monoisotopic (exact) mass is 517 g/mol. The maximum atomic E-state index is 14.2. The number of fused-ring (bicyclic) bond motifs is 2. The molecule has 10 heteroatoms. The first-order valence-corrected chi connectivity index (χ1v) is 12.1. The van der Waals surface area contributed by atoms with Crippen LogP contribution in [0, 0.1) is 12.7 Å². The number of H-pyrrole nitrogens is 1. The van der Waals surface area contributed by atoms with Gasteiger partial charge < -0.3 is 14.4 Å². The number of halogens is 1. The summed E-state index contributed by atoms with van der Waals surface area (Å²) in [6.45, 7) is 4.32. The number of ether oxygens (including phenoxy) is 2. The highest BCUT2D eigenvalue weighted by Gasteiger charge is 2.24. The molecule has 1 aliphatic heterocycles. The molecule has 2 aromatic heterocycles. The van der Waals surface area contributed by atoms with Crippen LogP contribution in [0.3, 0.4) is 0 Å². The number of allylic oxidation sites excluding steroid dienone is 1. The number of methoxy groups -OCH3 is 1. The highest BCUT2D eigenvalue weighted by atomic mass is 19.1. The Morgan fingerprint density at radius 3 is 2.66 bits per heavy atom. The molecule has 0 fully saturated rings. The number of aryl methyl sites for hydroxylation is 1. The molecule has 0 spiro atoms. The summed E-state index contributed by atoms with van der Waals surface area (Å²) in [5.74, 6) is 1.18. The van der Waals surface area contributed by atoms with Crippen LogP contribution < -0.4 is 15.4 Å². The van der Waals surface area contributed by atoms with Gasteiger partial charge in [-0.25, -0.2) is 19.2 Å². The van der Waals surface area contributed by atoms with Crippen LogP contribution in [0.15, 0.2) is 45.7 Å². The van der Waals surface area contributed by atoms with Gasteiger partial charge in [-0.1, -0.05) is 23.4 Å². The number of rotatable bonds is 6. The normalized spacial score (nSPS) is 13.8. The number of aromatic nitrogens is 4. The fourth-order valence-electron chi connectivity index (χ4n) is 4.81. The number of benzene rings is 2. The summed E-state index contributed by atoms with van der Waals surface area (Å²) in [7, 11) is 5.56. The second-order valence-electron chi connectivity index (χ2n) is 9.39. The Bertz CT molecular complexity index is 1610. The van der Waals surface area contributed by atoms with Gasteiger partial charge in [-0.15, -0.1) is 0 Å². The SMILES string of the molecule is COCc1nc(C)nc(N(C)C)c1Cc1ccc2c(c1)COc1cc(F)ccc1/C2=C(\C)c1noc(=O)[nH]1. The lowest BCUT2D eigenvalue weighted by molar-refractivity contribution is 0.180. The van der Waals surface area contributed by atoms with Gasteiger partial charge in [0.05, 0.1) is 12.3 Å². The molecule has 0 saturated heterocycles. The minimum atomic E-state index is -0.649. The van der Waals surface area contributed by atoms with E-state index in [1.165, 1.54) is 12.1 Å². The zero-order chi connectivity index (χ0) is 27.0. The zero-order valence-corrected chi connectivity index (χ0v) is 21.9. The molecule has 0 unspecified atom stereocenters. The topological polar surface area (TPSA) is 106 Å². The van der Waals surface area contributed by atoms with Crippen molar-refractivity contribution >= 4 is 17.0 Å². The summed E-state index contributed by atoms with van der Waals surface area (Å²) in [5.41, 5.74) is 6.80. The minimum absolute atomic E-state index is 0.238. The number of anilines is 1. The minimum Gasteiger partial charge on any atom is -0.488 e. The average molecular weight is 518 g/mol. The highest BCUT2D eigenvalue weighted by molar-refractivity contribution is 5.99. The lowest BCUT2D eigenvalue weighted by Gasteiger charge is -2.20. The van der Waals surface area contributed by atoms with Crippen molar-refractivity contribution in [2.75, 3.05) is 26.1 Å². The molecule has 5 rings (SSSR count). The molecule has 1 aliphatic rings. The quantitative estimate of drug-likeness (QED) is 0.404. The molecule has 1 N–H and O–H groups in total. The molecule has 0 amide bonds. The molecule has 2 aromatic carbocycles. The van der Waals surface area contributed by atoms with Gasteiger partial charge in [0.1, 0.15) is 29.8 Å². The van der Waals surface area contributed by atoms with E-state index in [1.54, 1.807) is 13.2 Å². The molecule has 0 radical (unpaired) electrons. The fraction of sp³-hybridized carbons (Fsp3) is 0.286. The van der Waals surface area contributed by atoms with Crippen molar-refractivity contribution < 1.29 is 18.4 Å². The summed E-state index contributed by atoms with van der Waals surface area (Å²) >= 11 is 0. The second-order valence-corrected chi connectivity index (χ2v) is 9.39. The maximum Gasteiger partial charge on any atom is 0.439 e. The molecule has 0 saturated carbocycles. The van der Waals surface area contributed by atoms with Crippen LogP contribution in [-0.4, -0.2) is 41.3 Å². The average Bonchev–Trinajstić information content (AvgIpc) is 3.25. The predicted molar refractivity (Wildman–Crippen MR) is 141 cm³/mol. The Morgan fingerprint density at radius 1 is 1.16 bits per heavy atom. The molecule has 4 aromatic rings. The van der Waals surface area contributed by atoms with Crippen molar-refractivity contribution in [1.82, 2.24) is 20.1 Å². The van der Waals surface area contributed by atoms with Gasteiger partial charge in [-0.05, 0) is 48.2 Å². The van der Waals surface area contributed by atoms with Crippen LogP contribution in [0.2, 0.25) is 0 Å². The van der Waals surface area contributed by atoms with Crippen LogP contribution in [0.25, 0.3) is 11.1 Å². The molecule has 38 heavy (non-hydrogen) atoms. The summed E-state index contributed by atoms with van der Waals surface area (Å²) in [6.07, 6.45) is 0.579. The molecule has 3 heterocycles. The van der Waals surface area contributed by atoms with Gasteiger partial charge in [-0.3, -0.25) is 9.51 Å². The van der Waals surface area contributed by atoms with Gasteiger partial charge in [0.15, 0.2) is 5.82 Å². The van der Waals surface area contributed by atoms with Crippen LogP contribution in [0.5, 0.6) is 5.75 Å². The van der Waals surface area contributed by atoms with E-state index in [2.05, 4.69) is 26.2 Å². The third kappa shape index (κ3) is 4.82. The van der Waals surface area contributed by atoms with E-state index >= 15 is 0 Å². The molecule has 0 aliphatic carbocycles. The molecule has 9 nitrogen and oxygen atoms in total. The lowest BCUT2D eigenvalue weighted by atomic mass is 9.88. The largest absolute Gasteiger partial charge is 0.488 e. The summed E-state index contributed by atoms with van der Waals surface area (Å²) in [6, 6.07) is 10.6. The molecular formula is C28H28FN5O4. The first kappa shape index (κ1) is 25.3. The first-order chi connectivity index (χ1) is 18.2. The molecule has 0 atom stereocenters. The van der Waals surface area contributed by atoms with Gasteiger partial charge in [0, 0.05) is 50.4 Å². The number of nitrogens with one attached hydrogen (secondary N) is 1. The van der Waals surface area contributed by atoms with Crippen LogP contribution in [0.4, 0.5) is 10.2 Å². The Balaban J connectivity index is 1.64. The fourth-order valence-corrected chi connectivity index (χ4v) is 4.81. The number of hydrogen-bond donors (Lipinski definition) is 1. The maximum absolute atomic E-state index is 14.2. The molecule has 0 bridgehead atoms.